The van der Waals surface area contributed by atoms with Crippen molar-refractivity contribution in [2.45, 2.75) is 33.2 Å². The van der Waals surface area contributed by atoms with Crippen molar-refractivity contribution in [3.05, 3.63) is 23.8 Å². The van der Waals surface area contributed by atoms with E-state index in [1.54, 1.807) is 6.07 Å². The molecular formula is C16H25NO3. The molecule has 1 aliphatic rings. The normalized spacial score (nSPS) is 23.8. The molecule has 1 heterocycles. The summed E-state index contributed by atoms with van der Waals surface area (Å²) >= 11 is 0. The molecule has 0 aromatic heterocycles. The Labute approximate surface area is 121 Å². The summed E-state index contributed by atoms with van der Waals surface area (Å²) in [5.41, 5.74) is 0.865. The number of para-hydroxylation sites is 1. The lowest BCUT2D eigenvalue weighted by molar-refractivity contribution is 0.0425. The summed E-state index contributed by atoms with van der Waals surface area (Å²) < 4.78 is 5.42. The second-order valence-electron chi connectivity index (χ2n) is 5.98. The highest BCUT2D eigenvalue weighted by Gasteiger charge is 2.30. The molecule has 0 aliphatic carbocycles. The topological polar surface area (TPSA) is 52.9 Å². The van der Waals surface area contributed by atoms with Gasteiger partial charge in [-0.15, -0.1) is 0 Å². The van der Waals surface area contributed by atoms with E-state index in [0.29, 0.717) is 18.9 Å². The lowest BCUT2D eigenvalue weighted by Gasteiger charge is -2.39. The van der Waals surface area contributed by atoms with Crippen LogP contribution in [0.5, 0.6) is 11.5 Å². The van der Waals surface area contributed by atoms with Crippen molar-refractivity contribution in [1.29, 1.82) is 0 Å². The number of benzene rings is 1. The lowest BCUT2D eigenvalue weighted by atomic mass is 9.82. The molecule has 0 radical (unpaired) electrons. The number of phenols is 1. The number of rotatable bonds is 5. The summed E-state index contributed by atoms with van der Waals surface area (Å²) in [5, 5.41) is 19.7. The Hall–Kier alpha value is -1.26. The molecule has 1 aromatic carbocycles. The molecule has 1 unspecified atom stereocenters. The molecule has 1 aromatic rings. The maximum atomic E-state index is 10.2. The van der Waals surface area contributed by atoms with Crippen molar-refractivity contribution in [2.24, 2.45) is 5.41 Å². The van der Waals surface area contributed by atoms with Crippen molar-refractivity contribution in [2.75, 3.05) is 26.3 Å². The van der Waals surface area contributed by atoms with Crippen LogP contribution >= 0.6 is 0 Å². The number of phenolic OH excluding ortho intramolecular Hbond substituents is 1. The van der Waals surface area contributed by atoms with Crippen LogP contribution < -0.4 is 4.74 Å². The fourth-order valence-electron chi connectivity index (χ4n) is 2.90. The Balaban J connectivity index is 2.08. The molecule has 1 atom stereocenters. The van der Waals surface area contributed by atoms with Gasteiger partial charge in [0.15, 0.2) is 11.5 Å². The molecule has 1 saturated heterocycles. The van der Waals surface area contributed by atoms with E-state index in [4.69, 9.17) is 4.74 Å². The van der Waals surface area contributed by atoms with E-state index in [0.717, 1.165) is 31.5 Å². The van der Waals surface area contributed by atoms with Gasteiger partial charge in [-0.25, -0.2) is 0 Å². The number of aliphatic hydroxyl groups excluding tert-OH is 1. The van der Waals surface area contributed by atoms with Crippen molar-refractivity contribution >= 4 is 0 Å². The van der Waals surface area contributed by atoms with Crippen molar-refractivity contribution < 1.29 is 14.9 Å². The summed E-state index contributed by atoms with van der Waals surface area (Å²) in [6.07, 6.45) is 2.15. The number of aliphatic hydroxyl groups is 1. The average Bonchev–Trinajstić information content (AvgIpc) is 2.44. The Morgan fingerprint density at radius 2 is 2.20 bits per heavy atom. The fraction of sp³-hybridized carbons (Fsp3) is 0.625. The number of hydrogen-bond acceptors (Lipinski definition) is 4. The molecule has 0 saturated carbocycles. The molecule has 1 fully saturated rings. The van der Waals surface area contributed by atoms with E-state index < -0.39 is 0 Å². The van der Waals surface area contributed by atoms with Crippen LogP contribution in [0, 0.1) is 5.41 Å². The minimum atomic E-state index is -0.0224. The molecule has 2 rings (SSSR count). The van der Waals surface area contributed by atoms with E-state index in [2.05, 4.69) is 11.8 Å². The zero-order valence-electron chi connectivity index (χ0n) is 12.4. The van der Waals surface area contributed by atoms with Crippen LogP contribution in [0.2, 0.25) is 0 Å². The van der Waals surface area contributed by atoms with Crippen LogP contribution in [0.1, 0.15) is 32.3 Å². The van der Waals surface area contributed by atoms with Gasteiger partial charge < -0.3 is 14.9 Å². The maximum absolute atomic E-state index is 10.2. The Morgan fingerprint density at radius 1 is 1.40 bits per heavy atom. The fourth-order valence-corrected chi connectivity index (χ4v) is 2.90. The van der Waals surface area contributed by atoms with E-state index in [9.17, 15) is 10.2 Å². The SMILES string of the molecule is CCOc1cccc(CN2CCCC(C)(CO)C2)c1O. The van der Waals surface area contributed by atoms with Gasteiger partial charge in [-0.05, 0) is 32.4 Å². The number of aromatic hydroxyl groups is 1. The summed E-state index contributed by atoms with van der Waals surface area (Å²) in [7, 11) is 0. The van der Waals surface area contributed by atoms with Gasteiger partial charge in [-0.1, -0.05) is 19.1 Å². The summed E-state index contributed by atoms with van der Waals surface area (Å²) in [5.74, 6) is 0.789. The molecule has 0 spiro atoms. The van der Waals surface area contributed by atoms with Crippen molar-refractivity contribution in [3.63, 3.8) is 0 Å². The van der Waals surface area contributed by atoms with Crippen LogP contribution in [0.4, 0.5) is 0 Å². The second-order valence-corrected chi connectivity index (χ2v) is 5.98. The highest BCUT2D eigenvalue weighted by molar-refractivity contribution is 5.45. The molecule has 4 heteroatoms. The van der Waals surface area contributed by atoms with Crippen LogP contribution in [-0.2, 0) is 6.54 Å². The largest absolute Gasteiger partial charge is 0.504 e. The maximum Gasteiger partial charge on any atom is 0.162 e. The van der Waals surface area contributed by atoms with Crippen LogP contribution in [-0.4, -0.2) is 41.4 Å². The average molecular weight is 279 g/mol. The van der Waals surface area contributed by atoms with Crippen molar-refractivity contribution in [3.8, 4) is 11.5 Å². The van der Waals surface area contributed by atoms with Gasteiger partial charge in [0.05, 0.1) is 6.61 Å². The molecule has 20 heavy (non-hydrogen) atoms. The minimum Gasteiger partial charge on any atom is -0.504 e. The van der Waals surface area contributed by atoms with Gasteiger partial charge in [0.2, 0.25) is 0 Å². The van der Waals surface area contributed by atoms with Gasteiger partial charge in [-0.2, -0.15) is 0 Å². The first-order valence-electron chi connectivity index (χ1n) is 7.35. The molecule has 2 N–H and O–H groups in total. The van der Waals surface area contributed by atoms with Gasteiger partial charge in [0, 0.05) is 30.7 Å². The van der Waals surface area contributed by atoms with E-state index in [1.807, 2.05) is 19.1 Å². The zero-order chi connectivity index (χ0) is 14.6. The third-order valence-electron chi connectivity index (χ3n) is 4.02. The first-order chi connectivity index (χ1) is 9.58. The van der Waals surface area contributed by atoms with Gasteiger partial charge >= 0.3 is 0 Å². The molecular weight excluding hydrogens is 254 g/mol. The number of nitrogens with zero attached hydrogens (tertiary/aromatic N) is 1. The van der Waals surface area contributed by atoms with Crippen LogP contribution in [0.25, 0.3) is 0 Å². The van der Waals surface area contributed by atoms with Gasteiger partial charge in [-0.3, -0.25) is 4.90 Å². The lowest BCUT2D eigenvalue weighted by Crippen LogP contribution is -2.43. The first kappa shape index (κ1) is 15.1. The monoisotopic (exact) mass is 279 g/mol. The molecule has 0 bridgehead atoms. The highest BCUT2D eigenvalue weighted by atomic mass is 16.5. The molecule has 1 aliphatic heterocycles. The number of ether oxygens (including phenoxy) is 1. The quantitative estimate of drug-likeness (QED) is 0.869. The summed E-state index contributed by atoms with van der Waals surface area (Å²) in [6.45, 7) is 7.36. The third kappa shape index (κ3) is 3.44. The standard InChI is InChI=1S/C16H25NO3/c1-3-20-14-7-4-6-13(15(14)19)10-17-9-5-8-16(2,11-17)12-18/h4,6-7,18-19H,3,5,8-12H2,1-2H3. The molecule has 0 amide bonds. The Kier molecular flexibility index (Phi) is 4.89. The smallest absolute Gasteiger partial charge is 0.162 e. The van der Waals surface area contributed by atoms with Gasteiger partial charge in [0.1, 0.15) is 0 Å². The third-order valence-corrected chi connectivity index (χ3v) is 4.02. The van der Waals surface area contributed by atoms with Crippen LogP contribution in [0.15, 0.2) is 18.2 Å². The summed E-state index contributed by atoms with van der Waals surface area (Å²) in [4.78, 5) is 2.30. The predicted molar refractivity (Wildman–Crippen MR) is 79.0 cm³/mol. The highest BCUT2D eigenvalue weighted by Crippen LogP contribution is 2.33. The van der Waals surface area contributed by atoms with Gasteiger partial charge in [0.25, 0.3) is 0 Å². The Morgan fingerprint density at radius 3 is 2.90 bits per heavy atom. The zero-order valence-corrected chi connectivity index (χ0v) is 12.4. The summed E-state index contributed by atoms with van der Waals surface area (Å²) in [6, 6.07) is 5.63. The Bertz CT molecular complexity index is 449. The van der Waals surface area contributed by atoms with E-state index in [-0.39, 0.29) is 17.8 Å². The number of hydrogen-bond donors (Lipinski definition) is 2. The number of likely N-dealkylation sites (tertiary alicyclic amines) is 1. The van der Waals surface area contributed by atoms with Crippen LogP contribution in [0.3, 0.4) is 0 Å². The van der Waals surface area contributed by atoms with E-state index >= 15 is 0 Å². The molecule has 4 nitrogen and oxygen atoms in total. The second kappa shape index (κ2) is 6.46. The first-order valence-corrected chi connectivity index (χ1v) is 7.35. The molecule has 112 valence electrons. The number of piperidine rings is 1. The van der Waals surface area contributed by atoms with Crippen molar-refractivity contribution in [1.82, 2.24) is 4.90 Å². The minimum absolute atomic E-state index is 0.0224. The van der Waals surface area contributed by atoms with E-state index in [1.165, 1.54) is 0 Å². The predicted octanol–water partition coefficient (Wildman–Crippen LogP) is 2.39.